The molecule has 2 aromatic carbocycles. The van der Waals surface area contributed by atoms with Crippen LogP contribution in [0.4, 0.5) is 5.69 Å². The highest BCUT2D eigenvalue weighted by Gasteiger charge is 2.34. The summed E-state index contributed by atoms with van der Waals surface area (Å²) >= 11 is 6.30. The van der Waals surface area contributed by atoms with E-state index >= 15 is 0 Å². The quantitative estimate of drug-likeness (QED) is 0.669. The summed E-state index contributed by atoms with van der Waals surface area (Å²) in [5, 5.41) is 0.0946. The van der Waals surface area contributed by atoms with Crippen molar-refractivity contribution < 1.29 is 22.7 Å². The van der Waals surface area contributed by atoms with E-state index in [1.165, 1.54) is 16.4 Å². The predicted octanol–water partition coefficient (Wildman–Crippen LogP) is 3.74. The molecule has 0 spiro atoms. The molecule has 1 amide bonds. The zero-order valence-corrected chi connectivity index (χ0v) is 19.9. The molecular weight excluding hydrogens is 452 g/mol. The van der Waals surface area contributed by atoms with E-state index in [2.05, 4.69) is 0 Å². The third-order valence-electron chi connectivity index (χ3n) is 5.83. The molecule has 0 saturated carbocycles. The molecule has 2 aliphatic rings. The van der Waals surface area contributed by atoms with Gasteiger partial charge in [-0.3, -0.25) is 4.79 Å². The van der Waals surface area contributed by atoms with Crippen molar-refractivity contribution in [2.24, 2.45) is 0 Å². The van der Waals surface area contributed by atoms with Crippen LogP contribution < -0.4 is 9.64 Å². The van der Waals surface area contributed by atoms with Crippen molar-refractivity contribution in [3.63, 3.8) is 0 Å². The van der Waals surface area contributed by atoms with Gasteiger partial charge in [0.25, 0.3) is 5.91 Å². The van der Waals surface area contributed by atoms with Gasteiger partial charge in [0.05, 0.1) is 24.3 Å². The fourth-order valence-corrected chi connectivity index (χ4v) is 6.46. The maximum atomic E-state index is 13.4. The standard InChI is InChI=1S/C23H27ClN2O5S/c1-15-13-25(14-16(2)31-15)32(28,29)22-12-18(6-8-20(22)24)23(27)26-10-4-5-17-11-19(30-3)7-9-21(17)26/h6-9,11-12,15-16H,4-5,10,13-14H2,1-3H3/t15-,16-/m1/s1. The molecule has 0 bridgehead atoms. The van der Waals surface area contributed by atoms with Crippen molar-refractivity contribution in [2.75, 3.05) is 31.6 Å². The van der Waals surface area contributed by atoms with Crippen LogP contribution in [0.5, 0.6) is 5.75 Å². The lowest BCUT2D eigenvalue weighted by molar-refractivity contribution is -0.0440. The van der Waals surface area contributed by atoms with Gasteiger partial charge in [-0.2, -0.15) is 4.31 Å². The van der Waals surface area contributed by atoms with Crippen LogP contribution in [0.3, 0.4) is 0 Å². The lowest BCUT2D eigenvalue weighted by Crippen LogP contribution is -2.48. The number of carbonyl (C=O) groups is 1. The number of ether oxygens (including phenoxy) is 2. The fraction of sp³-hybridized carbons (Fsp3) is 0.435. The number of fused-ring (bicyclic) bond motifs is 1. The molecule has 1 saturated heterocycles. The minimum Gasteiger partial charge on any atom is -0.497 e. The first-order valence-electron chi connectivity index (χ1n) is 10.6. The molecule has 7 nitrogen and oxygen atoms in total. The van der Waals surface area contributed by atoms with Crippen molar-refractivity contribution >= 4 is 33.2 Å². The minimum absolute atomic E-state index is 0.0571. The zero-order valence-electron chi connectivity index (χ0n) is 18.4. The van der Waals surface area contributed by atoms with Crippen LogP contribution in [0.1, 0.15) is 36.2 Å². The lowest BCUT2D eigenvalue weighted by atomic mass is 10.0. The van der Waals surface area contributed by atoms with Gasteiger partial charge in [0.15, 0.2) is 0 Å². The maximum Gasteiger partial charge on any atom is 0.258 e. The summed E-state index contributed by atoms with van der Waals surface area (Å²) in [6, 6.07) is 10.1. The molecule has 172 valence electrons. The number of benzene rings is 2. The highest BCUT2D eigenvalue weighted by Crippen LogP contribution is 2.33. The molecule has 0 N–H and O–H groups in total. The largest absolute Gasteiger partial charge is 0.497 e. The average molecular weight is 479 g/mol. The lowest BCUT2D eigenvalue weighted by Gasteiger charge is -2.34. The monoisotopic (exact) mass is 478 g/mol. The zero-order chi connectivity index (χ0) is 23.0. The molecule has 2 atom stereocenters. The molecule has 2 heterocycles. The van der Waals surface area contributed by atoms with E-state index in [1.54, 1.807) is 18.1 Å². The highest BCUT2D eigenvalue weighted by atomic mass is 35.5. The Morgan fingerprint density at radius 2 is 1.84 bits per heavy atom. The molecule has 0 radical (unpaired) electrons. The molecule has 9 heteroatoms. The van der Waals surface area contributed by atoms with E-state index in [1.807, 2.05) is 32.0 Å². The Kier molecular flexibility index (Phi) is 6.49. The van der Waals surface area contributed by atoms with Gasteiger partial charge in [-0.05, 0) is 68.7 Å². The predicted molar refractivity (Wildman–Crippen MR) is 123 cm³/mol. The van der Waals surface area contributed by atoms with E-state index in [9.17, 15) is 13.2 Å². The summed E-state index contributed by atoms with van der Waals surface area (Å²) in [6.07, 6.45) is 1.22. The topological polar surface area (TPSA) is 76.2 Å². The molecule has 2 aliphatic heterocycles. The molecule has 0 aliphatic carbocycles. The van der Waals surface area contributed by atoms with Crippen LogP contribution in [0, 0.1) is 0 Å². The van der Waals surface area contributed by atoms with Crippen molar-refractivity contribution in [1.82, 2.24) is 4.31 Å². The Bertz CT molecular complexity index is 1130. The minimum atomic E-state index is -3.88. The van der Waals surface area contributed by atoms with Crippen LogP contribution in [-0.2, 0) is 21.2 Å². The van der Waals surface area contributed by atoms with Gasteiger partial charge in [0, 0.05) is 30.9 Å². The van der Waals surface area contributed by atoms with Crippen LogP contribution >= 0.6 is 11.6 Å². The van der Waals surface area contributed by atoms with Gasteiger partial charge in [-0.1, -0.05) is 11.6 Å². The summed E-state index contributed by atoms with van der Waals surface area (Å²) in [5.74, 6) is 0.486. The maximum absolute atomic E-state index is 13.4. The number of nitrogens with zero attached hydrogens (tertiary/aromatic N) is 2. The number of amides is 1. The van der Waals surface area contributed by atoms with E-state index in [4.69, 9.17) is 21.1 Å². The molecule has 32 heavy (non-hydrogen) atoms. The Morgan fingerprint density at radius 3 is 2.53 bits per heavy atom. The summed E-state index contributed by atoms with van der Waals surface area (Å²) < 4.78 is 39.1. The Balaban J connectivity index is 1.67. The fourth-order valence-electron chi connectivity index (χ4n) is 4.37. The van der Waals surface area contributed by atoms with Gasteiger partial charge in [-0.15, -0.1) is 0 Å². The second-order valence-corrected chi connectivity index (χ2v) is 10.6. The second kappa shape index (κ2) is 9.02. The van der Waals surface area contributed by atoms with Gasteiger partial charge < -0.3 is 14.4 Å². The number of hydrogen-bond donors (Lipinski definition) is 0. The normalized spacial score (nSPS) is 21.8. The number of halogens is 1. The van der Waals surface area contributed by atoms with Gasteiger partial charge in [0.2, 0.25) is 10.0 Å². The highest BCUT2D eigenvalue weighted by molar-refractivity contribution is 7.89. The number of sulfonamides is 1. The van der Waals surface area contributed by atoms with Crippen LogP contribution in [-0.4, -0.2) is 57.6 Å². The summed E-state index contributed by atoms with van der Waals surface area (Å²) in [4.78, 5) is 15.0. The first-order valence-corrected chi connectivity index (χ1v) is 12.5. The Hall–Kier alpha value is -2.13. The van der Waals surface area contributed by atoms with E-state index in [0.717, 1.165) is 29.8 Å². The Morgan fingerprint density at radius 1 is 1.12 bits per heavy atom. The Labute approximate surface area is 193 Å². The van der Waals surface area contributed by atoms with Crippen molar-refractivity contribution in [1.29, 1.82) is 0 Å². The number of morpholine rings is 1. The number of aryl methyl sites for hydroxylation is 1. The van der Waals surface area contributed by atoms with Gasteiger partial charge in [-0.25, -0.2) is 8.42 Å². The average Bonchev–Trinajstić information content (AvgIpc) is 2.77. The van der Waals surface area contributed by atoms with Crippen molar-refractivity contribution in [2.45, 2.75) is 43.8 Å². The molecule has 0 unspecified atom stereocenters. The number of hydrogen-bond acceptors (Lipinski definition) is 5. The SMILES string of the molecule is COc1ccc2c(c1)CCCN2C(=O)c1ccc(Cl)c(S(=O)(=O)N2C[C@@H](C)O[C@H](C)C2)c1. The van der Waals surface area contributed by atoms with Gasteiger partial charge >= 0.3 is 0 Å². The van der Waals surface area contributed by atoms with E-state index < -0.39 is 10.0 Å². The summed E-state index contributed by atoms with van der Waals surface area (Å²) in [6.45, 7) is 4.71. The third kappa shape index (κ3) is 4.37. The third-order valence-corrected chi connectivity index (χ3v) is 8.15. The molecule has 0 aromatic heterocycles. The van der Waals surface area contributed by atoms with Crippen LogP contribution in [0.25, 0.3) is 0 Å². The first kappa shape index (κ1) is 23.0. The van der Waals surface area contributed by atoms with Crippen molar-refractivity contribution in [3.8, 4) is 5.75 Å². The molecule has 4 rings (SSSR count). The first-order chi connectivity index (χ1) is 15.2. The van der Waals surface area contributed by atoms with Gasteiger partial charge in [0.1, 0.15) is 10.6 Å². The van der Waals surface area contributed by atoms with Crippen LogP contribution in [0.2, 0.25) is 5.02 Å². The number of anilines is 1. The number of rotatable bonds is 4. The van der Waals surface area contributed by atoms with Crippen molar-refractivity contribution in [3.05, 3.63) is 52.5 Å². The second-order valence-electron chi connectivity index (χ2n) is 8.28. The summed E-state index contributed by atoms with van der Waals surface area (Å²) in [7, 11) is -2.27. The molecule has 1 fully saturated rings. The van der Waals surface area contributed by atoms with Crippen LogP contribution in [0.15, 0.2) is 41.3 Å². The van der Waals surface area contributed by atoms with E-state index in [-0.39, 0.29) is 46.7 Å². The number of carbonyl (C=O) groups excluding carboxylic acids is 1. The molecule has 2 aromatic rings. The summed E-state index contributed by atoms with van der Waals surface area (Å²) in [5.41, 5.74) is 2.13. The smallest absolute Gasteiger partial charge is 0.258 e. The number of methoxy groups -OCH3 is 1. The molecular formula is C23H27ClN2O5S. The van der Waals surface area contributed by atoms with E-state index in [0.29, 0.717) is 6.54 Å².